The topological polar surface area (TPSA) is 28.2 Å². The van der Waals surface area contributed by atoms with Crippen molar-refractivity contribution in [2.75, 3.05) is 18.0 Å². The minimum atomic E-state index is 0.515. The highest BCUT2D eigenvalue weighted by atomic mass is 32.1. The first-order valence-electron chi connectivity index (χ1n) is 8.84. The summed E-state index contributed by atoms with van der Waals surface area (Å²) < 4.78 is 0. The van der Waals surface area contributed by atoms with Gasteiger partial charge in [-0.1, -0.05) is 6.92 Å². The normalized spacial score (nSPS) is 24.9. The van der Waals surface area contributed by atoms with Crippen LogP contribution in [0, 0.1) is 5.92 Å². The monoisotopic (exact) mass is 305 g/mol. The Morgan fingerprint density at radius 3 is 2.81 bits per heavy atom. The third kappa shape index (κ3) is 3.11. The molecule has 2 fully saturated rings. The van der Waals surface area contributed by atoms with E-state index in [-0.39, 0.29) is 0 Å². The van der Waals surface area contributed by atoms with E-state index in [1.165, 1.54) is 68.7 Å². The van der Waals surface area contributed by atoms with Gasteiger partial charge in [0.05, 0.1) is 11.7 Å². The van der Waals surface area contributed by atoms with E-state index in [1.807, 2.05) is 11.3 Å². The van der Waals surface area contributed by atoms with Crippen LogP contribution in [0.15, 0.2) is 0 Å². The molecule has 1 heterocycles. The third-order valence-corrected chi connectivity index (χ3v) is 6.14. The molecule has 0 radical (unpaired) electrons. The third-order valence-electron chi connectivity index (χ3n) is 4.97. The molecule has 1 N–H and O–H groups in total. The number of anilines is 1. The van der Waals surface area contributed by atoms with Crippen LogP contribution in [0.5, 0.6) is 0 Å². The summed E-state index contributed by atoms with van der Waals surface area (Å²) in [5.74, 6) is 0.959. The Balaban J connectivity index is 1.54. The van der Waals surface area contributed by atoms with Gasteiger partial charge in [-0.25, -0.2) is 4.98 Å². The smallest absolute Gasteiger partial charge is 0.186 e. The number of fused-ring (bicyclic) bond motifs is 1. The van der Waals surface area contributed by atoms with Crippen LogP contribution in [0.1, 0.15) is 68.5 Å². The number of nitrogens with one attached hydrogen (secondary N) is 1. The fourth-order valence-corrected chi connectivity index (χ4v) is 4.64. The number of aromatic nitrogens is 1. The van der Waals surface area contributed by atoms with Gasteiger partial charge in [0.25, 0.3) is 0 Å². The molecule has 4 heteroatoms. The molecule has 0 bridgehead atoms. The second-order valence-electron chi connectivity index (χ2n) is 7.03. The molecule has 4 rings (SSSR count). The summed E-state index contributed by atoms with van der Waals surface area (Å²) in [5, 5.41) is 5.04. The molecule has 116 valence electrons. The van der Waals surface area contributed by atoms with Crippen LogP contribution < -0.4 is 10.2 Å². The number of nitrogens with zero attached hydrogens (tertiary/aromatic N) is 2. The van der Waals surface area contributed by atoms with Gasteiger partial charge in [0.2, 0.25) is 0 Å². The van der Waals surface area contributed by atoms with Crippen LogP contribution in [0.25, 0.3) is 0 Å². The zero-order valence-electron chi connectivity index (χ0n) is 13.1. The van der Waals surface area contributed by atoms with E-state index in [0.29, 0.717) is 6.04 Å². The zero-order chi connectivity index (χ0) is 14.2. The van der Waals surface area contributed by atoms with Gasteiger partial charge >= 0.3 is 0 Å². The molecule has 0 spiro atoms. The van der Waals surface area contributed by atoms with Crippen LogP contribution in [-0.4, -0.2) is 24.1 Å². The summed E-state index contributed by atoms with van der Waals surface area (Å²) in [6.45, 7) is 4.63. The number of thiazole rings is 1. The van der Waals surface area contributed by atoms with E-state index in [1.54, 1.807) is 4.88 Å². The quantitative estimate of drug-likeness (QED) is 0.828. The first kappa shape index (κ1) is 14.0. The molecule has 3 aliphatic carbocycles. The van der Waals surface area contributed by atoms with Gasteiger partial charge in [-0.05, 0) is 63.8 Å². The highest BCUT2D eigenvalue weighted by Crippen LogP contribution is 2.42. The van der Waals surface area contributed by atoms with E-state index in [2.05, 4.69) is 17.1 Å². The molecular formula is C17H27N3S. The summed E-state index contributed by atoms with van der Waals surface area (Å²) in [6.07, 6.45) is 10.7. The predicted molar refractivity (Wildman–Crippen MR) is 89.2 cm³/mol. The molecule has 1 aromatic rings. The predicted octanol–water partition coefficient (Wildman–Crippen LogP) is 3.90. The van der Waals surface area contributed by atoms with Crippen molar-refractivity contribution in [1.82, 2.24) is 10.3 Å². The van der Waals surface area contributed by atoms with Crippen LogP contribution >= 0.6 is 11.3 Å². The molecule has 0 saturated heterocycles. The average Bonchev–Trinajstić information content (AvgIpc) is 3.40. The molecule has 21 heavy (non-hydrogen) atoms. The van der Waals surface area contributed by atoms with Gasteiger partial charge in [-0.2, -0.15) is 0 Å². The number of rotatable bonds is 7. The maximum absolute atomic E-state index is 5.11. The van der Waals surface area contributed by atoms with E-state index >= 15 is 0 Å². The summed E-state index contributed by atoms with van der Waals surface area (Å²) >= 11 is 1.99. The Labute approximate surface area is 132 Å². The summed E-state index contributed by atoms with van der Waals surface area (Å²) in [5.41, 5.74) is 1.39. The second kappa shape index (κ2) is 5.88. The van der Waals surface area contributed by atoms with Crippen molar-refractivity contribution < 1.29 is 0 Å². The van der Waals surface area contributed by atoms with Gasteiger partial charge in [0.1, 0.15) is 0 Å². The molecule has 1 atom stereocenters. The molecular weight excluding hydrogens is 278 g/mol. The van der Waals surface area contributed by atoms with Gasteiger partial charge in [-0.15, -0.1) is 11.3 Å². The molecule has 1 unspecified atom stereocenters. The van der Waals surface area contributed by atoms with Crippen molar-refractivity contribution in [2.24, 2.45) is 5.92 Å². The van der Waals surface area contributed by atoms with Gasteiger partial charge in [0.15, 0.2) is 5.13 Å². The van der Waals surface area contributed by atoms with E-state index in [4.69, 9.17) is 4.98 Å². The molecule has 1 aromatic heterocycles. The maximum Gasteiger partial charge on any atom is 0.186 e. The highest BCUT2D eigenvalue weighted by Gasteiger charge is 2.36. The van der Waals surface area contributed by atoms with Crippen LogP contribution in [0.2, 0.25) is 0 Å². The lowest BCUT2D eigenvalue weighted by Crippen LogP contribution is -2.28. The maximum atomic E-state index is 5.11. The van der Waals surface area contributed by atoms with Crippen molar-refractivity contribution >= 4 is 16.5 Å². The van der Waals surface area contributed by atoms with E-state index < -0.39 is 0 Å². The van der Waals surface area contributed by atoms with E-state index in [0.717, 1.165) is 18.5 Å². The minimum absolute atomic E-state index is 0.515. The van der Waals surface area contributed by atoms with Gasteiger partial charge in [0, 0.05) is 17.5 Å². The molecule has 2 saturated carbocycles. The van der Waals surface area contributed by atoms with Crippen molar-refractivity contribution in [3.8, 4) is 0 Å². The van der Waals surface area contributed by atoms with Crippen molar-refractivity contribution in [3.05, 3.63) is 10.6 Å². The molecule has 0 aliphatic heterocycles. The Bertz CT molecular complexity index is 490. The average molecular weight is 305 g/mol. The molecule has 0 aromatic carbocycles. The number of aryl methyl sites for hydroxylation is 1. The standard InChI is InChI=1S/C17H27N3S/c1-2-10-18-14-4-3-5-15-16(14)19-17(21-15)20(13-8-9-13)11-12-6-7-12/h12-14,18H,2-11H2,1H3. The molecule has 3 aliphatic rings. The van der Waals surface area contributed by atoms with Crippen molar-refractivity contribution in [1.29, 1.82) is 0 Å². The van der Waals surface area contributed by atoms with Gasteiger partial charge < -0.3 is 10.2 Å². The first-order chi connectivity index (χ1) is 10.3. The number of hydrogen-bond acceptors (Lipinski definition) is 4. The van der Waals surface area contributed by atoms with Crippen LogP contribution in [0.4, 0.5) is 5.13 Å². The SMILES string of the molecule is CCCNC1CCCc2sc(N(CC3CC3)C3CC3)nc21. The summed E-state index contributed by atoms with van der Waals surface area (Å²) in [4.78, 5) is 9.32. The Hall–Kier alpha value is -0.610. The van der Waals surface area contributed by atoms with Crippen molar-refractivity contribution in [3.63, 3.8) is 0 Å². The fourth-order valence-electron chi connectivity index (χ4n) is 3.39. The van der Waals surface area contributed by atoms with Crippen LogP contribution in [-0.2, 0) is 6.42 Å². The Morgan fingerprint density at radius 2 is 2.10 bits per heavy atom. The first-order valence-corrected chi connectivity index (χ1v) is 9.66. The largest absolute Gasteiger partial charge is 0.345 e. The Morgan fingerprint density at radius 1 is 1.24 bits per heavy atom. The molecule has 3 nitrogen and oxygen atoms in total. The number of hydrogen-bond donors (Lipinski definition) is 1. The minimum Gasteiger partial charge on any atom is -0.345 e. The molecule has 0 amide bonds. The van der Waals surface area contributed by atoms with Crippen LogP contribution in [0.3, 0.4) is 0 Å². The lowest BCUT2D eigenvalue weighted by molar-refractivity contribution is 0.454. The highest BCUT2D eigenvalue weighted by molar-refractivity contribution is 7.15. The van der Waals surface area contributed by atoms with Gasteiger partial charge in [-0.3, -0.25) is 0 Å². The lowest BCUT2D eigenvalue weighted by atomic mass is 9.97. The Kier molecular flexibility index (Phi) is 3.92. The van der Waals surface area contributed by atoms with E-state index in [9.17, 15) is 0 Å². The lowest BCUT2D eigenvalue weighted by Gasteiger charge is -2.22. The zero-order valence-corrected chi connectivity index (χ0v) is 13.9. The second-order valence-corrected chi connectivity index (χ2v) is 8.09. The summed E-state index contributed by atoms with van der Waals surface area (Å²) in [6, 6.07) is 1.32. The summed E-state index contributed by atoms with van der Waals surface area (Å²) in [7, 11) is 0. The fraction of sp³-hybridized carbons (Fsp3) is 0.824. The van der Waals surface area contributed by atoms with Crippen molar-refractivity contribution in [2.45, 2.75) is 70.4 Å².